The third kappa shape index (κ3) is 3.22. The Morgan fingerprint density at radius 1 is 1.36 bits per heavy atom. The number of hydrogen-bond acceptors (Lipinski definition) is 4. The van der Waals surface area contributed by atoms with Gasteiger partial charge in [0.1, 0.15) is 17.9 Å². The molecule has 2 N–H and O–H groups in total. The topological polar surface area (TPSA) is 78.9 Å². The number of hydrogen-bond donors (Lipinski definition) is 2. The molecule has 0 aromatic heterocycles. The van der Waals surface area contributed by atoms with Crippen molar-refractivity contribution in [2.24, 2.45) is 0 Å². The minimum atomic E-state index is -0.847. The molecule has 1 unspecified atom stereocenters. The zero-order chi connectivity index (χ0) is 15.5. The van der Waals surface area contributed by atoms with Gasteiger partial charge in [-0.2, -0.15) is 0 Å². The summed E-state index contributed by atoms with van der Waals surface area (Å²) in [6, 6.07) is 7.33. The fraction of sp³-hybridized carbons (Fsp3) is 0.500. The van der Waals surface area contributed by atoms with Crippen LogP contribution in [0.1, 0.15) is 18.4 Å². The number of carboxylic acids is 1. The van der Waals surface area contributed by atoms with Crippen molar-refractivity contribution in [3.05, 3.63) is 29.8 Å². The highest BCUT2D eigenvalue weighted by molar-refractivity contribution is 5.80. The van der Waals surface area contributed by atoms with Gasteiger partial charge in [-0.1, -0.05) is 18.2 Å². The highest BCUT2D eigenvalue weighted by Crippen LogP contribution is 2.27. The normalized spacial score (nSPS) is 23.8. The number of carboxylic acid groups (broad SMARTS) is 1. The molecule has 6 nitrogen and oxygen atoms in total. The smallest absolute Gasteiger partial charge is 0.320 e. The van der Waals surface area contributed by atoms with Crippen LogP contribution in [0.4, 0.5) is 0 Å². The fourth-order valence-electron chi connectivity index (χ4n) is 3.13. The summed E-state index contributed by atoms with van der Waals surface area (Å²) in [6.45, 7) is 1.24. The Labute approximate surface area is 129 Å². The Kier molecular flexibility index (Phi) is 4.29. The van der Waals surface area contributed by atoms with Crippen molar-refractivity contribution in [2.45, 2.75) is 31.4 Å². The van der Waals surface area contributed by atoms with E-state index in [-0.39, 0.29) is 18.6 Å². The number of carbonyl (C=O) groups is 2. The molecule has 1 fully saturated rings. The molecule has 1 aromatic carbocycles. The molecule has 1 aromatic rings. The summed E-state index contributed by atoms with van der Waals surface area (Å²) in [5.74, 6) is -0.111. The lowest BCUT2D eigenvalue weighted by Gasteiger charge is -2.20. The van der Waals surface area contributed by atoms with Crippen LogP contribution in [-0.4, -0.2) is 53.7 Å². The molecule has 0 spiro atoms. The first-order chi connectivity index (χ1) is 10.6. The molecule has 0 aliphatic carbocycles. The summed E-state index contributed by atoms with van der Waals surface area (Å²) in [5, 5.41) is 12.0. The average Bonchev–Trinajstić information content (AvgIpc) is 3.10. The molecule has 1 saturated heterocycles. The van der Waals surface area contributed by atoms with E-state index >= 15 is 0 Å². The maximum absolute atomic E-state index is 12.0. The summed E-state index contributed by atoms with van der Waals surface area (Å²) in [5.41, 5.74) is 1.16. The second-order valence-corrected chi connectivity index (χ2v) is 5.82. The van der Waals surface area contributed by atoms with Gasteiger partial charge in [-0.15, -0.1) is 0 Å². The third-order valence-electron chi connectivity index (χ3n) is 4.24. The van der Waals surface area contributed by atoms with Crippen LogP contribution < -0.4 is 10.1 Å². The summed E-state index contributed by atoms with van der Waals surface area (Å²) < 4.78 is 5.76. The maximum atomic E-state index is 12.0. The van der Waals surface area contributed by atoms with E-state index in [0.717, 1.165) is 24.2 Å². The van der Waals surface area contributed by atoms with Gasteiger partial charge in [-0.3, -0.25) is 14.5 Å². The number of aliphatic carboxylic acids is 1. The first kappa shape index (κ1) is 14.8. The van der Waals surface area contributed by atoms with E-state index in [1.807, 2.05) is 24.3 Å². The first-order valence-electron chi connectivity index (χ1n) is 7.61. The second-order valence-electron chi connectivity index (χ2n) is 5.82. The third-order valence-corrected chi connectivity index (χ3v) is 4.24. The number of carbonyl (C=O) groups excluding carboxylic acids is 1. The fourth-order valence-corrected chi connectivity index (χ4v) is 3.13. The Balaban J connectivity index is 1.45. The molecular formula is C16H20N2O4. The minimum absolute atomic E-state index is 0.0461. The number of amides is 1. The lowest BCUT2D eigenvalue weighted by atomic mass is 10.1. The highest BCUT2D eigenvalue weighted by Gasteiger charge is 2.31. The Hall–Kier alpha value is -2.08. The summed E-state index contributed by atoms with van der Waals surface area (Å²) in [7, 11) is 0. The van der Waals surface area contributed by atoms with Gasteiger partial charge in [0.05, 0.1) is 13.1 Å². The number of likely N-dealkylation sites (tertiary alicyclic amines) is 1. The first-order valence-corrected chi connectivity index (χ1v) is 7.61. The number of fused-ring (bicyclic) bond motifs is 1. The van der Waals surface area contributed by atoms with E-state index < -0.39 is 12.0 Å². The molecule has 6 heteroatoms. The van der Waals surface area contributed by atoms with Gasteiger partial charge in [0, 0.05) is 6.42 Å². The van der Waals surface area contributed by atoms with Crippen molar-refractivity contribution in [1.82, 2.24) is 10.2 Å². The van der Waals surface area contributed by atoms with Crippen LogP contribution in [0, 0.1) is 0 Å². The van der Waals surface area contributed by atoms with Gasteiger partial charge in [0.25, 0.3) is 0 Å². The van der Waals surface area contributed by atoms with Crippen LogP contribution in [0.3, 0.4) is 0 Å². The van der Waals surface area contributed by atoms with Crippen LogP contribution in [0.25, 0.3) is 0 Å². The van der Waals surface area contributed by atoms with Crippen LogP contribution in [0.5, 0.6) is 5.75 Å². The predicted octanol–water partition coefficient (Wildman–Crippen LogP) is 0.655. The predicted molar refractivity (Wildman–Crippen MR) is 79.8 cm³/mol. The molecule has 2 aliphatic rings. The van der Waals surface area contributed by atoms with Crippen molar-refractivity contribution >= 4 is 11.9 Å². The molecule has 22 heavy (non-hydrogen) atoms. The number of benzene rings is 1. The van der Waals surface area contributed by atoms with Crippen LogP contribution in [0.2, 0.25) is 0 Å². The van der Waals surface area contributed by atoms with E-state index in [0.29, 0.717) is 19.5 Å². The average molecular weight is 304 g/mol. The standard InChI is InChI=1S/C16H20N2O4/c19-15(10-18-7-3-5-13(18)16(20)21)17-9-12-8-11-4-1-2-6-14(11)22-12/h1-2,4,6,12-13H,3,5,7-10H2,(H,17,19)(H,20,21)/t12?,13-/m1/s1. The van der Waals surface area contributed by atoms with Gasteiger partial charge >= 0.3 is 5.97 Å². The van der Waals surface area contributed by atoms with E-state index in [2.05, 4.69) is 5.32 Å². The van der Waals surface area contributed by atoms with Crippen molar-refractivity contribution < 1.29 is 19.4 Å². The Bertz CT molecular complexity index is 550. The van der Waals surface area contributed by atoms with Gasteiger partial charge in [0.2, 0.25) is 5.91 Å². The van der Waals surface area contributed by atoms with E-state index in [9.17, 15) is 9.59 Å². The zero-order valence-corrected chi connectivity index (χ0v) is 12.3. The molecule has 2 atom stereocenters. The molecule has 2 aliphatic heterocycles. The minimum Gasteiger partial charge on any atom is -0.488 e. The lowest BCUT2D eigenvalue weighted by Crippen LogP contribution is -2.44. The quantitative estimate of drug-likeness (QED) is 0.835. The monoisotopic (exact) mass is 304 g/mol. The van der Waals surface area contributed by atoms with Crippen LogP contribution >= 0.6 is 0 Å². The van der Waals surface area contributed by atoms with Crippen molar-refractivity contribution in [3.8, 4) is 5.75 Å². The molecule has 3 rings (SSSR count). The molecule has 1 amide bonds. The molecule has 0 bridgehead atoms. The highest BCUT2D eigenvalue weighted by atomic mass is 16.5. The van der Waals surface area contributed by atoms with Gasteiger partial charge in [0.15, 0.2) is 0 Å². The van der Waals surface area contributed by atoms with Crippen molar-refractivity contribution in [2.75, 3.05) is 19.6 Å². The number of ether oxygens (including phenoxy) is 1. The van der Waals surface area contributed by atoms with Crippen LogP contribution in [0.15, 0.2) is 24.3 Å². The number of nitrogens with one attached hydrogen (secondary N) is 1. The molecule has 118 valence electrons. The molecule has 0 radical (unpaired) electrons. The molecule has 2 heterocycles. The number of rotatable bonds is 5. The van der Waals surface area contributed by atoms with Gasteiger partial charge in [-0.05, 0) is 31.0 Å². The van der Waals surface area contributed by atoms with E-state index in [1.165, 1.54) is 0 Å². The second kappa shape index (κ2) is 6.36. The van der Waals surface area contributed by atoms with E-state index in [4.69, 9.17) is 9.84 Å². The Morgan fingerprint density at radius 2 is 2.18 bits per heavy atom. The summed E-state index contributed by atoms with van der Waals surface area (Å²) in [4.78, 5) is 24.8. The number of nitrogens with zero attached hydrogens (tertiary/aromatic N) is 1. The SMILES string of the molecule is O=C(CN1CCC[C@@H]1C(=O)O)NCC1Cc2ccccc2O1. The van der Waals surface area contributed by atoms with Crippen molar-refractivity contribution in [1.29, 1.82) is 0 Å². The zero-order valence-electron chi connectivity index (χ0n) is 12.3. The largest absolute Gasteiger partial charge is 0.488 e. The summed E-state index contributed by atoms with van der Waals surface area (Å²) >= 11 is 0. The van der Waals surface area contributed by atoms with Gasteiger partial charge in [-0.25, -0.2) is 0 Å². The molecular weight excluding hydrogens is 284 g/mol. The van der Waals surface area contributed by atoms with Crippen molar-refractivity contribution in [3.63, 3.8) is 0 Å². The lowest BCUT2D eigenvalue weighted by molar-refractivity contribution is -0.142. The molecule has 0 saturated carbocycles. The Morgan fingerprint density at radius 3 is 2.95 bits per heavy atom. The van der Waals surface area contributed by atoms with E-state index in [1.54, 1.807) is 4.90 Å². The summed E-state index contributed by atoms with van der Waals surface area (Å²) in [6.07, 6.45) is 2.18. The number of para-hydroxylation sites is 1. The van der Waals surface area contributed by atoms with Gasteiger partial charge < -0.3 is 15.2 Å². The maximum Gasteiger partial charge on any atom is 0.320 e. The van der Waals surface area contributed by atoms with Crippen LogP contribution in [-0.2, 0) is 16.0 Å².